The molecule has 2 N–H and O–H groups in total. The van der Waals surface area contributed by atoms with Crippen molar-refractivity contribution >= 4 is 27.4 Å². The predicted octanol–water partition coefficient (Wildman–Crippen LogP) is 4.43. The highest BCUT2D eigenvalue weighted by molar-refractivity contribution is 7.92. The van der Waals surface area contributed by atoms with E-state index in [9.17, 15) is 13.2 Å². The molecule has 7 heteroatoms. The van der Waals surface area contributed by atoms with Gasteiger partial charge in [0.1, 0.15) is 5.82 Å². The highest BCUT2D eigenvalue weighted by Crippen LogP contribution is 2.24. The van der Waals surface area contributed by atoms with Gasteiger partial charge in [0.15, 0.2) is 0 Å². The molecule has 0 bridgehead atoms. The number of nitrogens with one attached hydrogen (secondary N) is 2. The topological polar surface area (TPSA) is 88.2 Å². The van der Waals surface area contributed by atoms with Gasteiger partial charge < -0.3 is 5.32 Å². The van der Waals surface area contributed by atoms with Crippen LogP contribution in [0.5, 0.6) is 0 Å². The maximum Gasteiger partial charge on any atom is 0.261 e. The molecular formula is C22H23N3O3S. The molecule has 0 radical (unpaired) electrons. The van der Waals surface area contributed by atoms with Crippen LogP contribution in [0.2, 0.25) is 0 Å². The van der Waals surface area contributed by atoms with E-state index in [0.717, 1.165) is 5.56 Å². The van der Waals surface area contributed by atoms with Gasteiger partial charge >= 0.3 is 0 Å². The third-order valence-corrected chi connectivity index (χ3v) is 5.71. The number of carbonyl (C=O) groups is 1. The Morgan fingerprint density at radius 3 is 2.28 bits per heavy atom. The van der Waals surface area contributed by atoms with E-state index in [1.165, 1.54) is 6.07 Å². The average Bonchev–Trinajstić information content (AvgIpc) is 2.68. The van der Waals surface area contributed by atoms with Gasteiger partial charge in [-0.25, -0.2) is 13.4 Å². The molecule has 6 nitrogen and oxygen atoms in total. The summed E-state index contributed by atoms with van der Waals surface area (Å²) in [6, 6.07) is 18.3. The number of pyridine rings is 1. The number of hydrogen-bond acceptors (Lipinski definition) is 4. The summed E-state index contributed by atoms with van der Waals surface area (Å²) in [5.74, 6) is 0.0432. The molecule has 1 heterocycles. The Kier molecular flexibility index (Phi) is 5.70. The van der Waals surface area contributed by atoms with Crippen molar-refractivity contribution in [2.45, 2.75) is 31.1 Å². The normalized spacial score (nSPS) is 11.7. The van der Waals surface area contributed by atoms with Gasteiger partial charge in [-0.3, -0.25) is 9.52 Å². The van der Waals surface area contributed by atoms with Gasteiger partial charge in [-0.2, -0.15) is 0 Å². The molecule has 0 saturated carbocycles. The van der Waals surface area contributed by atoms with Crippen LogP contribution < -0.4 is 10.0 Å². The predicted molar refractivity (Wildman–Crippen MR) is 115 cm³/mol. The largest absolute Gasteiger partial charge is 0.307 e. The molecule has 0 aliphatic heterocycles. The molecule has 3 rings (SSSR count). The fourth-order valence-electron chi connectivity index (χ4n) is 2.70. The monoisotopic (exact) mass is 409 g/mol. The van der Waals surface area contributed by atoms with Crippen LogP contribution >= 0.6 is 0 Å². The minimum absolute atomic E-state index is 0.0645. The molecule has 0 saturated heterocycles. The van der Waals surface area contributed by atoms with Crippen molar-refractivity contribution in [1.82, 2.24) is 4.98 Å². The number of rotatable bonds is 5. The van der Waals surface area contributed by atoms with E-state index in [1.54, 1.807) is 54.7 Å². The maximum atomic E-state index is 12.7. The average molecular weight is 410 g/mol. The molecule has 1 amide bonds. The molecule has 2 aromatic carbocycles. The van der Waals surface area contributed by atoms with Gasteiger partial charge in [-0.1, -0.05) is 45.0 Å². The number of aromatic nitrogens is 1. The van der Waals surface area contributed by atoms with Gasteiger partial charge in [0.2, 0.25) is 0 Å². The lowest BCUT2D eigenvalue weighted by molar-refractivity contribution is 0.102. The fourth-order valence-corrected chi connectivity index (χ4v) is 3.75. The molecule has 0 unspecified atom stereocenters. The zero-order valence-electron chi connectivity index (χ0n) is 16.5. The van der Waals surface area contributed by atoms with Crippen molar-refractivity contribution in [1.29, 1.82) is 0 Å². The van der Waals surface area contributed by atoms with Gasteiger partial charge in [-0.15, -0.1) is 0 Å². The number of sulfonamides is 1. The van der Waals surface area contributed by atoms with Crippen LogP contribution in [-0.4, -0.2) is 19.3 Å². The maximum absolute atomic E-state index is 12.7. The van der Waals surface area contributed by atoms with Crippen molar-refractivity contribution in [2.75, 3.05) is 10.0 Å². The lowest BCUT2D eigenvalue weighted by Crippen LogP contribution is -2.16. The smallest absolute Gasteiger partial charge is 0.261 e. The number of carbonyl (C=O) groups excluding carboxylic acids is 1. The molecule has 0 aliphatic rings. The third-order valence-electron chi connectivity index (χ3n) is 4.31. The Morgan fingerprint density at radius 2 is 1.66 bits per heavy atom. The SMILES string of the molecule is CC(C)(C)c1ccc(S(=O)(=O)Nc2cccc(C(=O)Nc3ccccn3)c2)cc1. The molecule has 29 heavy (non-hydrogen) atoms. The number of hydrogen-bond donors (Lipinski definition) is 2. The zero-order chi connectivity index (χ0) is 21.1. The summed E-state index contributed by atoms with van der Waals surface area (Å²) in [6.07, 6.45) is 1.57. The van der Waals surface area contributed by atoms with Crippen molar-refractivity contribution in [3.63, 3.8) is 0 Å². The summed E-state index contributed by atoms with van der Waals surface area (Å²) in [5, 5.41) is 2.67. The van der Waals surface area contributed by atoms with E-state index in [0.29, 0.717) is 17.1 Å². The van der Waals surface area contributed by atoms with E-state index < -0.39 is 10.0 Å². The number of anilines is 2. The molecular weight excluding hydrogens is 386 g/mol. The first-order valence-corrected chi connectivity index (χ1v) is 10.6. The van der Waals surface area contributed by atoms with Crippen LogP contribution in [0.4, 0.5) is 11.5 Å². The van der Waals surface area contributed by atoms with Crippen LogP contribution in [0.1, 0.15) is 36.7 Å². The second-order valence-electron chi connectivity index (χ2n) is 7.63. The molecule has 0 aliphatic carbocycles. The zero-order valence-corrected chi connectivity index (χ0v) is 17.3. The summed E-state index contributed by atoms with van der Waals surface area (Å²) in [5.41, 5.74) is 1.60. The Bertz CT molecular complexity index is 1100. The van der Waals surface area contributed by atoms with Crippen molar-refractivity contribution in [3.05, 3.63) is 84.1 Å². The minimum Gasteiger partial charge on any atom is -0.307 e. The van der Waals surface area contributed by atoms with Gasteiger partial charge in [0, 0.05) is 17.4 Å². The quantitative estimate of drug-likeness (QED) is 0.652. The number of nitrogens with zero attached hydrogens (tertiary/aromatic N) is 1. The summed E-state index contributed by atoms with van der Waals surface area (Å²) >= 11 is 0. The first-order chi connectivity index (χ1) is 13.6. The highest BCUT2D eigenvalue weighted by atomic mass is 32.2. The fraction of sp³-hybridized carbons (Fsp3) is 0.182. The molecule has 0 atom stereocenters. The summed E-state index contributed by atoms with van der Waals surface area (Å²) < 4.78 is 28.0. The molecule has 1 aromatic heterocycles. The van der Waals surface area contributed by atoms with Gasteiger partial charge in [-0.05, 0) is 53.4 Å². The minimum atomic E-state index is -3.77. The van der Waals surface area contributed by atoms with E-state index in [2.05, 4.69) is 35.8 Å². The van der Waals surface area contributed by atoms with Gasteiger partial charge in [0.25, 0.3) is 15.9 Å². The van der Waals surface area contributed by atoms with Crippen molar-refractivity contribution in [2.24, 2.45) is 0 Å². The van der Waals surface area contributed by atoms with Crippen LogP contribution in [0.25, 0.3) is 0 Å². The lowest BCUT2D eigenvalue weighted by Gasteiger charge is -2.19. The molecule has 0 spiro atoms. The van der Waals surface area contributed by atoms with Crippen LogP contribution in [0.3, 0.4) is 0 Å². The first-order valence-electron chi connectivity index (χ1n) is 9.11. The second-order valence-corrected chi connectivity index (χ2v) is 9.31. The molecule has 150 valence electrons. The van der Waals surface area contributed by atoms with E-state index >= 15 is 0 Å². The molecule has 3 aromatic rings. The number of benzene rings is 2. The first kappa shape index (κ1) is 20.5. The van der Waals surface area contributed by atoms with Crippen molar-refractivity contribution < 1.29 is 13.2 Å². The summed E-state index contributed by atoms with van der Waals surface area (Å²) in [4.78, 5) is 16.6. The van der Waals surface area contributed by atoms with E-state index in [-0.39, 0.29) is 16.2 Å². The van der Waals surface area contributed by atoms with Crippen LogP contribution in [0.15, 0.2) is 77.8 Å². The van der Waals surface area contributed by atoms with Crippen molar-refractivity contribution in [3.8, 4) is 0 Å². The Labute approximate surface area is 171 Å². The van der Waals surface area contributed by atoms with Crippen LogP contribution in [-0.2, 0) is 15.4 Å². The van der Waals surface area contributed by atoms with Gasteiger partial charge in [0.05, 0.1) is 4.90 Å². The third kappa shape index (κ3) is 5.20. The molecule has 0 fully saturated rings. The lowest BCUT2D eigenvalue weighted by atomic mass is 9.87. The Balaban J connectivity index is 1.77. The summed E-state index contributed by atoms with van der Waals surface area (Å²) in [6.45, 7) is 6.20. The van der Waals surface area contributed by atoms with Crippen LogP contribution in [0, 0.1) is 0 Å². The van der Waals surface area contributed by atoms with E-state index in [1.807, 2.05) is 12.1 Å². The number of amides is 1. The standard InChI is InChI=1S/C22H23N3O3S/c1-22(2,3)17-10-12-19(13-11-17)29(27,28)25-18-8-6-7-16(15-18)21(26)24-20-9-4-5-14-23-20/h4-15,25H,1-3H3,(H,23,24,26). The van der Waals surface area contributed by atoms with E-state index in [4.69, 9.17) is 0 Å². The highest BCUT2D eigenvalue weighted by Gasteiger charge is 2.18. The second kappa shape index (κ2) is 8.05. The summed E-state index contributed by atoms with van der Waals surface area (Å²) in [7, 11) is -3.77. The Hall–Kier alpha value is -3.19. The Morgan fingerprint density at radius 1 is 0.931 bits per heavy atom.